The SMILES string of the molecule is CCN(CC)S(=O)(=O)c1ccc(OC)c(NC(=O)c2cnc(-c3ccccc3)nc2)c1. The Hall–Kier alpha value is -3.30. The first kappa shape index (κ1) is 22.4. The average Bonchev–Trinajstić information content (AvgIpc) is 2.80. The summed E-state index contributed by atoms with van der Waals surface area (Å²) < 4.78 is 32.3. The molecule has 1 heterocycles. The predicted octanol–water partition coefficient (Wildman–Crippen LogP) is 3.44. The number of methoxy groups -OCH3 is 1. The molecular formula is C22H24N4O4S. The second kappa shape index (κ2) is 9.67. The van der Waals surface area contributed by atoms with Crippen molar-refractivity contribution in [2.24, 2.45) is 0 Å². The van der Waals surface area contributed by atoms with Crippen molar-refractivity contribution in [1.29, 1.82) is 0 Å². The number of sulfonamides is 1. The van der Waals surface area contributed by atoms with Crippen LogP contribution in [-0.4, -0.2) is 48.8 Å². The topological polar surface area (TPSA) is 101 Å². The molecule has 0 radical (unpaired) electrons. The number of amides is 1. The van der Waals surface area contributed by atoms with Crippen LogP contribution in [0.2, 0.25) is 0 Å². The lowest BCUT2D eigenvalue weighted by Gasteiger charge is -2.19. The smallest absolute Gasteiger partial charge is 0.258 e. The fourth-order valence-electron chi connectivity index (χ4n) is 3.03. The highest BCUT2D eigenvalue weighted by atomic mass is 32.2. The van der Waals surface area contributed by atoms with E-state index in [9.17, 15) is 13.2 Å². The molecule has 1 N–H and O–H groups in total. The van der Waals surface area contributed by atoms with E-state index < -0.39 is 15.9 Å². The first-order chi connectivity index (χ1) is 14.9. The number of hydrogen-bond donors (Lipinski definition) is 1. The molecule has 8 nitrogen and oxygen atoms in total. The van der Waals surface area contributed by atoms with Gasteiger partial charge in [-0.05, 0) is 18.2 Å². The largest absolute Gasteiger partial charge is 0.495 e. The Kier molecular flexibility index (Phi) is 6.98. The molecule has 0 aliphatic rings. The molecule has 0 atom stereocenters. The summed E-state index contributed by atoms with van der Waals surface area (Å²) in [4.78, 5) is 21.3. The highest BCUT2D eigenvalue weighted by molar-refractivity contribution is 7.89. The fourth-order valence-corrected chi connectivity index (χ4v) is 4.52. The molecule has 1 aromatic heterocycles. The zero-order valence-electron chi connectivity index (χ0n) is 17.6. The minimum Gasteiger partial charge on any atom is -0.495 e. The second-order valence-corrected chi connectivity index (χ2v) is 8.50. The number of aromatic nitrogens is 2. The summed E-state index contributed by atoms with van der Waals surface area (Å²) in [6, 6.07) is 13.8. The summed E-state index contributed by atoms with van der Waals surface area (Å²) in [5.41, 5.74) is 1.32. The zero-order valence-corrected chi connectivity index (χ0v) is 18.4. The van der Waals surface area contributed by atoms with E-state index in [1.54, 1.807) is 13.8 Å². The quantitative estimate of drug-likeness (QED) is 0.576. The van der Waals surface area contributed by atoms with E-state index in [4.69, 9.17) is 4.74 Å². The Morgan fingerprint density at radius 1 is 1.03 bits per heavy atom. The lowest BCUT2D eigenvalue weighted by molar-refractivity contribution is 0.102. The van der Waals surface area contributed by atoms with Gasteiger partial charge in [0.2, 0.25) is 10.0 Å². The molecule has 0 fully saturated rings. The Balaban J connectivity index is 1.87. The van der Waals surface area contributed by atoms with E-state index in [0.717, 1.165) is 5.56 Å². The number of benzene rings is 2. The van der Waals surface area contributed by atoms with Crippen molar-refractivity contribution in [2.45, 2.75) is 18.7 Å². The summed E-state index contributed by atoms with van der Waals surface area (Å²) in [7, 11) is -2.24. The minimum atomic E-state index is -3.68. The molecule has 0 aliphatic heterocycles. The standard InChI is InChI=1S/C22H24N4O4S/c1-4-26(5-2)31(28,29)18-11-12-20(30-3)19(13-18)25-22(27)17-14-23-21(24-15-17)16-9-7-6-8-10-16/h6-15H,4-5H2,1-3H3,(H,25,27). The van der Waals surface area contributed by atoms with Crippen molar-refractivity contribution in [1.82, 2.24) is 14.3 Å². The number of nitrogens with zero attached hydrogens (tertiary/aromatic N) is 3. The lowest BCUT2D eigenvalue weighted by atomic mass is 10.2. The van der Waals surface area contributed by atoms with Crippen molar-refractivity contribution in [3.63, 3.8) is 0 Å². The first-order valence-electron chi connectivity index (χ1n) is 9.77. The predicted molar refractivity (Wildman–Crippen MR) is 119 cm³/mol. The normalized spacial score (nSPS) is 11.4. The molecule has 31 heavy (non-hydrogen) atoms. The summed E-state index contributed by atoms with van der Waals surface area (Å²) >= 11 is 0. The van der Waals surface area contributed by atoms with E-state index in [1.807, 2.05) is 30.3 Å². The van der Waals surface area contributed by atoms with Crippen LogP contribution in [0.1, 0.15) is 24.2 Å². The van der Waals surface area contributed by atoms with Gasteiger partial charge in [0.15, 0.2) is 5.82 Å². The number of ether oxygens (including phenoxy) is 1. The number of hydrogen-bond acceptors (Lipinski definition) is 6. The highest BCUT2D eigenvalue weighted by Gasteiger charge is 2.23. The number of nitrogens with one attached hydrogen (secondary N) is 1. The van der Waals surface area contributed by atoms with Gasteiger partial charge < -0.3 is 10.1 Å². The molecule has 3 rings (SSSR count). The van der Waals surface area contributed by atoms with Gasteiger partial charge >= 0.3 is 0 Å². The molecule has 0 unspecified atom stereocenters. The van der Waals surface area contributed by atoms with E-state index in [2.05, 4.69) is 15.3 Å². The molecule has 0 saturated carbocycles. The van der Waals surface area contributed by atoms with Crippen molar-refractivity contribution >= 4 is 21.6 Å². The highest BCUT2D eigenvalue weighted by Crippen LogP contribution is 2.29. The summed E-state index contributed by atoms with van der Waals surface area (Å²) in [5.74, 6) is 0.367. The molecule has 0 saturated heterocycles. The van der Waals surface area contributed by atoms with Gasteiger partial charge in [0.05, 0.1) is 23.3 Å². The summed E-state index contributed by atoms with van der Waals surface area (Å²) in [5, 5.41) is 2.70. The minimum absolute atomic E-state index is 0.0722. The lowest BCUT2D eigenvalue weighted by Crippen LogP contribution is -2.30. The molecular weight excluding hydrogens is 416 g/mol. The average molecular weight is 441 g/mol. The molecule has 9 heteroatoms. The third kappa shape index (κ3) is 4.89. The van der Waals surface area contributed by atoms with E-state index >= 15 is 0 Å². The maximum absolute atomic E-state index is 12.8. The van der Waals surface area contributed by atoms with Crippen molar-refractivity contribution in [2.75, 3.05) is 25.5 Å². The number of anilines is 1. The van der Waals surface area contributed by atoms with Gasteiger partial charge in [-0.2, -0.15) is 4.31 Å². The van der Waals surface area contributed by atoms with Gasteiger partial charge in [0.25, 0.3) is 5.91 Å². The summed E-state index contributed by atoms with van der Waals surface area (Å²) in [6.07, 6.45) is 2.85. The first-order valence-corrected chi connectivity index (χ1v) is 11.2. The van der Waals surface area contributed by atoms with Gasteiger partial charge in [-0.3, -0.25) is 4.79 Å². The number of rotatable bonds is 8. The Bertz CT molecular complexity index is 1150. The third-order valence-electron chi connectivity index (χ3n) is 4.71. The summed E-state index contributed by atoms with van der Waals surface area (Å²) in [6.45, 7) is 4.23. The van der Waals surface area contributed by atoms with Crippen molar-refractivity contribution in [3.05, 3.63) is 66.5 Å². The van der Waals surface area contributed by atoms with Crippen molar-refractivity contribution < 1.29 is 17.9 Å². The number of carbonyl (C=O) groups is 1. The zero-order chi connectivity index (χ0) is 22.4. The maximum atomic E-state index is 12.8. The molecule has 2 aromatic carbocycles. The van der Waals surface area contributed by atoms with Crippen LogP contribution in [0.4, 0.5) is 5.69 Å². The van der Waals surface area contributed by atoms with E-state index in [-0.39, 0.29) is 16.1 Å². The van der Waals surface area contributed by atoms with E-state index in [1.165, 1.54) is 42.0 Å². The Morgan fingerprint density at radius 2 is 1.68 bits per heavy atom. The van der Waals surface area contributed by atoms with Crippen LogP contribution < -0.4 is 10.1 Å². The van der Waals surface area contributed by atoms with Crippen LogP contribution in [0.5, 0.6) is 5.75 Å². The van der Waals surface area contributed by atoms with Crippen LogP contribution in [-0.2, 0) is 10.0 Å². The van der Waals surface area contributed by atoms with Gasteiger partial charge in [-0.25, -0.2) is 18.4 Å². The van der Waals surface area contributed by atoms with Crippen molar-refractivity contribution in [3.8, 4) is 17.1 Å². The molecule has 1 amide bonds. The molecule has 0 spiro atoms. The van der Waals surface area contributed by atoms with Crippen LogP contribution >= 0.6 is 0 Å². The monoisotopic (exact) mass is 440 g/mol. The van der Waals surface area contributed by atoms with Gasteiger partial charge in [0, 0.05) is 31.0 Å². The van der Waals surface area contributed by atoms with Crippen LogP contribution in [0.3, 0.4) is 0 Å². The van der Waals surface area contributed by atoms with Crippen LogP contribution in [0, 0.1) is 0 Å². The third-order valence-corrected chi connectivity index (χ3v) is 6.75. The van der Waals surface area contributed by atoms with Crippen LogP contribution in [0.15, 0.2) is 65.8 Å². The van der Waals surface area contributed by atoms with Gasteiger partial charge in [-0.1, -0.05) is 44.2 Å². The molecule has 0 bridgehead atoms. The second-order valence-electron chi connectivity index (χ2n) is 6.57. The number of carbonyl (C=O) groups excluding carboxylic acids is 1. The Morgan fingerprint density at radius 3 is 2.26 bits per heavy atom. The molecule has 0 aliphatic carbocycles. The van der Waals surface area contributed by atoms with Gasteiger partial charge in [-0.15, -0.1) is 0 Å². The fraction of sp³-hybridized carbons (Fsp3) is 0.227. The van der Waals surface area contributed by atoms with E-state index in [0.29, 0.717) is 24.7 Å². The Labute approximate surface area is 182 Å². The maximum Gasteiger partial charge on any atom is 0.258 e. The van der Waals surface area contributed by atoms with Gasteiger partial charge in [0.1, 0.15) is 5.75 Å². The molecule has 162 valence electrons. The van der Waals surface area contributed by atoms with Crippen LogP contribution in [0.25, 0.3) is 11.4 Å². The molecule has 3 aromatic rings.